The number of nitrogens with one attached hydrogen (secondary N) is 2. The van der Waals surface area contributed by atoms with Gasteiger partial charge in [-0.05, 0) is 49.0 Å². The monoisotopic (exact) mass is 357 g/mol. The van der Waals surface area contributed by atoms with Gasteiger partial charge in [-0.25, -0.2) is 9.18 Å². The fourth-order valence-corrected chi connectivity index (χ4v) is 3.05. The summed E-state index contributed by atoms with van der Waals surface area (Å²) < 4.78 is 18.5. The maximum Gasteiger partial charge on any atom is 0.315 e. The average Bonchev–Trinajstić information content (AvgIpc) is 3.09. The number of carbonyl (C=O) groups is 1. The number of rotatable bonds is 6. The number of nitrogens with zero attached hydrogens (tertiary/aromatic N) is 1. The minimum atomic E-state index is -0.285. The lowest BCUT2D eigenvalue weighted by molar-refractivity contribution is 0.232. The zero-order chi connectivity index (χ0) is 18.5. The predicted molar refractivity (Wildman–Crippen MR) is 98.7 cm³/mol. The van der Waals surface area contributed by atoms with E-state index in [1.807, 2.05) is 26.2 Å². The fourth-order valence-electron chi connectivity index (χ4n) is 3.05. The van der Waals surface area contributed by atoms with Crippen molar-refractivity contribution >= 4 is 6.03 Å². The normalized spacial score (nSPS) is 13.8. The van der Waals surface area contributed by atoms with E-state index in [0.717, 1.165) is 29.9 Å². The quantitative estimate of drug-likeness (QED) is 0.836. The highest BCUT2D eigenvalue weighted by Gasteiger charge is 2.19. The highest BCUT2D eigenvalue weighted by Crippen LogP contribution is 2.29. The van der Waals surface area contributed by atoms with Gasteiger partial charge in [0.1, 0.15) is 11.6 Å². The van der Waals surface area contributed by atoms with Crippen LogP contribution >= 0.6 is 0 Å². The molecule has 0 spiro atoms. The standard InChI is InChI=1S/C20H24FN3O2/c1-24(2)18(15-5-8-19-16(11-15)9-10-26-19)13-23-20(25)22-12-14-3-6-17(21)7-4-14/h3-8,11,18H,9-10,12-13H2,1-2H3,(H2,22,23,25)/t18-/m0/s1. The molecular formula is C20H24FN3O2. The second-order valence-electron chi connectivity index (χ2n) is 6.64. The van der Waals surface area contributed by atoms with Crippen LogP contribution in [0, 0.1) is 5.82 Å². The van der Waals surface area contributed by atoms with Crippen LogP contribution in [-0.2, 0) is 13.0 Å². The topological polar surface area (TPSA) is 53.6 Å². The highest BCUT2D eigenvalue weighted by molar-refractivity contribution is 5.73. The Hall–Kier alpha value is -2.60. The van der Waals surface area contributed by atoms with E-state index in [1.54, 1.807) is 12.1 Å². The molecule has 1 aliphatic rings. The van der Waals surface area contributed by atoms with Gasteiger partial charge in [-0.15, -0.1) is 0 Å². The second-order valence-corrected chi connectivity index (χ2v) is 6.64. The van der Waals surface area contributed by atoms with E-state index in [-0.39, 0.29) is 17.9 Å². The molecule has 1 atom stereocenters. The van der Waals surface area contributed by atoms with Crippen LogP contribution in [-0.4, -0.2) is 38.2 Å². The molecule has 6 heteroatoms. The largest absolute Gasteiger partial charge is 0.493 e. The number of carbonyl (C=O) groups excluding carboxylic acids is 1. The van der Waals surface area contributed by atoms with Crippen LogP contribution in [0.25, 0.3) is 0 Å². The Morgan fingerprint density at radius 3 is 2.69 bits per heavy atom. The summed E-state index contributed by atoms with van der Waals surface area (Å²) in [5.41, 5.74) is 3.22. The Morgan fingerprint density at radius 1 is 1.19 bits per heavy atom. The summed E-state index contributed by atoms with van der Waals surface area (Å²) in [6, 6.07) is 12.1. The van der Waals surface area contributed by atoms with Crippen LogP contribution in [0.2, 0.25) is 0 Å². The van der Waals surface area contributed by atoms with E-state index in [1.165, 1.54) is 17.7 Å². The Kier molecular flexibility index (Phi) is 5.73. The van der Waals surface area contributed by atoms with Gasteiger partial charge in [-0.3, -0.25) is 0 Å². The number of hydrogen-bond acceptors (Lipinski definition) is 3. The van der Waals surface area contributed by atoms with Crippen LogP contribution in [0.15, 0.2) is 42.5 Å². The van der Waals surface area contributed by atoms with E-state index in [9.17, 15) is 9.18 Å². The van der Waals surface area contributed by atoms with Gasteiger partial charge in [0.05, 0.1) is 12.6 Å². The summed E-state index contributed by atoms with van der Waals surface area (Å²) in [5, 5.41) is 5.71. The summed E-state index contributed by atoms with van der Waals surface area (Å²) in [7, 11) is 3.99. The van der Waals surface area contributed by atoms with E-state index in [4.69, 9.17) is 4.74 Å². The molecule has 0 unspecified atom stereocenters. The van der Waals surface area contributed by atoms with Crippen molar-refractivity contribution < 1.29 is 13.9 Å². The Morgan fingerprint density at radius 2 is 1.96 bits per heavy atom. The first-order valence-corrected chi connectivity index (χ1v) is 8.71. The number of benzene rings is 2. The first-order chi connectivity index (χ1) is 12.5. The van der Waals surface area contributed by atoms with Gasteiger partial charge < -0.3 is 20.3 Å². The SMILES string of the molecule is CN(C)[C@@H](CNC(=O)NCc1ccc(F)cc1)c1ccc2c(c1)CCO2. The second kappa shape index (κ2) is 8.19. The van der Waals surface area contributed by atoms with Crippen LogP contribution in [0.3, 0.4) is 0 Å². The third-order valence-electron chi connectivity index (χ3n) is 4.54. The van der Waals surface area contributed by atoms with Crippen molar-refractivity contribution in [2.75, 3.05) is 27.2 Å². The van der Waals surface area contributed by atoms with E-state index in [0.29, 0.717) is 13.1 Å². The number of halogens is 1. The molecule has 0 fully saturated rings. The maximum absolute atomic E-state index is 12.9. The molecule has 0 bridgehead atoms. The lowest BCUT2D eigenvalue weighted by Crippen LogP contribution is -2.40. The van der Waals surface area contributed by atoms with Crippen molar-refractivity contribution in [2.45, 2.75) is 19.0 Å². The summed E-state index contributed by atoms with van der Waals surface area (Å²) in [4.78, 5) is 14.2. The molecular weight excluding hydrogens is 333 g/mol. The first-order valence-electron chi connectivity index (χ1n) is 8.71. The van der Waals surface area contributed by atoms with Gasteiger partial charge >= 0.3 is 6.03 Å². The van der Waals surface area contributed by atoms with Crippen molar-refractivity contribution in [3.05, 3.63) is 65.0 Å². The number of ether oxygens (including phenoxy) is 1. The molecule has 138 valence electrons. The van der Waals surface area contributed by atoms with Gasteiger partial charge in [0, 0.05) is 19.5 Å². The summed E-state index contributed by atoms with van der Waals surface area (Å²) >= 11 is 0. The first kappa shape index (κ1) is 18.2. The smallest absolute Gasteiger partial charge is 0.315 e. The molecule has 3 rings (SSSR count). The predicted octanol–water partition coefficient (Wildman–Crippen LogP) is 2.86. The fraction of sp³-hybridized carbons (Fsp3) is 0.350. The van der Waals surface area contributed by atoms with Gasteiger partial charge in [0.2, 0.25) is 0 Å². The van der Waals surface area contributed by atoms with Crippen molar-refractivity contribution in [1.29, 1.82) is 0 Å². The minimum Gasteiger partial charge on any atom is -0.493 e. The van der Waals surface area contributed by atoms with Crippen LogP contribution in [0.5, 0.6) is 5.75 Å². The summed E-state index contributed by atoms with van der Waals surface area (Å²) in [5.74, 6) is 0.669. The Balaban J connectivity index is 1.55. The molecule has 26 heavy (non-hydrogen) atoms. The van der Waals surface area contributed by atoms with Crippen molar-refractivity contribution in [3.8, 4) is 5.75 Å². The van der Waals surface area contributed by atoms with Crippen LogP contribution in [0.4, 0.5) is 9.18 Å². The number of hydrogen-bond donors (Lipinski definition) is 2. The van der Waals surface area contributed by atoms with Gasteiger partial charge in [0.15, 0.2) is 0 Å². The number of urea groups is 1. The Bertz CT molecular complexity index is 762. The molecule has 0 saturated heterocycles. The molecule has 0 aromatic heterocycles. The maximum atomic E-state index is 12.9. The zero-order valence-corrected chi connectivity index (χ0v) is 15.1. The zero-order valence-electron chi connectivity index (χ0n) is 15.1. The summed E-state index contributed by atoms with van der Waals surface area (Å²) in [6.07, 6.45) is 0.926. The Labute approximate surface area is 153 Å². The van der Waals surface area contributed by atoms with Gasteiger partial charge in [-0.2, -0.15) is 0 Å². The van der Waals surface area contributed by atoms with Crippen molar-refractivity contribution in [2.24, 2.45) is 0 Å². The van der Waals surface area contributed by atoms with Crippen LogP contribution < -0.4 is 15.4 Å². The molecule has 1 aliphatic heterocycles. The molecule has 2 amide bonds. The number of fused-ring (bicyclic) bond motifs is 1. The van der Waals surface area contributed by atoms with E-state index < -0.39 is 0 Å². The van der Waals surface area contributed by atoms with Crippen LogP contribution in [0.1, 0.15) is 22.7 Å². The molecule has 0 radical (unpaired) electrons. The molecule has 5 nitrogen and oxygen atoms in total. The van der Waals surface area contributed by atoms with Crippen molar-refractivity contribution in [1.82, 2.24) is 15.5 Å². The van der Waals surface area contributed by atoms with Gasteiger partial charge in [0.25, 0.3) is 0 Å². The number of likely N-dealkylation sites (N-methyl/N-ethyl adjacent to an activating group) is 1. The third kappa shape index (κ3) is 4.52. The molecule has 2 aromatic rings. The average molecular weight is 357 g/mol. The van der Waals surface area contributed by atoms with Crippen molar-refractivity contribution in [3.63, 3.8) is 0 Å². The van der Waals surface area contributed by atoms with E-state index in [2.05, 4.69) is 21.6 Å². The molecule has 0 saturated carbocycles. The molecule has 1 heterocycles. The molecule has 2 N–H and O–H groups in total. The minimum absolute atomic E-state index is 0.0671. The third-order valence-corrected chi connectivity index (χ3v) is 4.54. The lowest BCUT2D eigenvalue weighted by atomic mass is 10.0. The molecule has 0 aliphatic carbocycles. The van der Waals surface area contributed by atoms with E-state index >= 15 is 0 Å². The highest BCUT2D eigenvalue weighted by atomic mass is 19.1. The number of amides is 2. The molecule has 2 aromatic carbocycles. The van der Waals surface area contributed by atoms with Gasteiger partial charge in [-0.1, -0.05) is 24.3 Å². The lowest BCUT2D eigenvalue weighted by Gasteiger charge is -2.25. The summed E-state index contributed by atoms with van der Waals surface area (Å²) in [6.45, 7) is 1.58.